The number of fused-ring (bicyclic) bond motifs is 3. The second-order valence-electron chi connectivity index (χ2n) is 7.24. The summed E-state index contributed by atoms with van der Waals surface area (Å²) in [4.78, 5) is 13.1. The first-order valence-electron chi connectivity index (χ1n) is 9.55. The summed E-state index contributed by atoms with van der Waals surface area (Å²) in [7, 11) is 1.61. The van der Waals surface area contributed by atoms with Crippen LogP contribution < -0.4 is 9.47 Å². The lowest BCUT2D eigenvalue weighted by molar-refractivity contribution is 0.0685. The number of thiophene rings is 1. The second-order valence-corrected chi connectivity index (χ2v) is 8.19. The van der Waals surface area contributed by atoms with Gasteiger partial charge in [-0.3, -0.25) is 0 Å². The van der Waals surface area contributed by atoms with Crippen molar-refractivity contribution >= 4 is 23.5 Å². The number of benzene rings is 1. The molecule has 7 nitrogen and oxygen atoms in total. The van der Waals surface area contributed by atoms with Crippen LogP contribution in [0.1, 0.15) is 35.5 Å². The molecule has 1 aromatic carbocycles. The Balaban J connectivity index is 2.07. The normalized spacial score (nSPS) is 12.8. The quantitative estimate of drug-likeness (QED) is 0.337. The predicted octanol–water partition coefficient (Wildman–Crippen LogP) is 4.74. The van der Waals surface area contributed by atoms with E-state index in [9.17, 15) is 15.1 Å². The minimum absolute atomic E-state index is 0.0456. The molecule has 1 aliphatic heterocycles. The van der Waals surface area contributed by atoms with Crippen molar-refractivity contribution in [2.45, 2.75) is 32.9 Å². The Hall–Kier alpha value is -3.26. The fourth-order valence-corrected chi connectivity index (χ4v) is 4.78. The number of carboxylic acids is 1. The molecule has 3 heterocycles. The molecule has 0 atom stereocenters. The van der Waals surface area contributed by atoms with Crippen LogP contribution in [0, 0.1) is 0 Å². The Kier molecular flexibility index (Phi) is 5.26. The van der Waals surface area contributed by atoms with Gasteiger partial charge in [0.25, 0.3) is 0 Å². The average molecular weight is 426 g/mol. The molecule has 2 aromatic heterocycles. The Labute approximate surface area is 177 Å². The van der Waals surface area contributed by atoms with Gasteiger partial charge in [-0.1, -0.05) is 11.2 Å². The molecule has 0 fully saturated rings. The molecule has 0 radical (unpaired) electrons. The lowest BCUT2D eigenvalue weighted by Gasteiger charge is -2.24. The van der Waals surface area contributed by atoms with Crippen molar-refractivity contribution in [1.29, 1.82) is 0 Å². The highest BCUT2D eigenvalue weighted by molar-refractivity contribution is 7.13. The predicted molar refractivity (Wildman–Crippen MR) is 116 cm³/mol. The van der Waals surface area contributed by atoms with Crippen LogP contribution >= 0.6 is 11.3 Å². The van der Waals surface area contributed by atoms with Gasteiger partial charge in [0.05, 0.1) is 25.1 Å². The number of aryl methyl sites for hydroxylation is 1. The van der Waals surface area contributed by atoms with Crippen LogP contribution in [0.4, 0.5) is 0 Å². The molecule has 30 heavy (non-hydrogen) atoms. The molecule has 0 saturated heterocycles. The Morgan fingerprint density at radius 3 is 2.73 bits per heavy atom. The number of methoxy groups -OCH3 is 1. The first-order chi connectivity index (χ1) is 14.5. The summed E-state index contributed by atoms with van der Waals surface area (Å²) in [5.41, 5.74) is 3.96. The van der Waals surface area contributed by atoms with Gasteiger partial charge in [0.2, 0.25) is 0 Å². The van der Waals surface area contributed by atoms with Crippen molar-refractivity contribution in [3.05, 3.63) is 46.5 Å². The lowest BCUT2D eigenvalue weighted by Crippen LogP contribution is -2.17. The van der Waals surface area contributed by atoms with Crippen LogP contribution in [-0.2, 0) is 13.0 Å². The van der Waals surface area contributed by atoms with E-state index in [0.717, 1.165) is 27.3 Å². The Morgan fingerprint density at radius 2 is 2.13 bits per heavy atom. The number of carboxylic acid groups (broad SMARTS) is 1. The molecular formula is C22H22N2O5S. The fourth-order valence-electron chi connectivity index (χ4n) is 3.99. The molecular weight excluding hydrogens is 404 g/mol. The standard InChI is InChI=1S/C22H22N2O5S/c1-12(2)29-17-10-14-13(9-16(17)28-3)6-7-24-20(14)19(18-5-4-8-30-18)15(11-23-27)21(24)22(25)26/h4-5,8-12,27H,6-7H2,1-3H3,(H,25,26). The minimum Gasteiger partial charge on any atom is -0.493 e. The maximum Gasteiger partial charge on any atom is 0.353 e. The first-order valence-corrected chi connectivity index (χ1v) is 10.4. The summed E-state index contributed by atoms with van der Waals surface area (Å²) in [5.74, 6) is 0.188. The van der Waals surface area contributed by atoms with Crippen LogP contribution in [0.15, 0.2) is 34.8 Å². The highest BCUT2D eigenvalue weighted by Gasteiger charge is 2.32. The summed E-state index contributed by atoms with van der Waals surface area (Å²) >= 11 is 1.51. The van der Waals surface area contributed by atoms with E-state index < -0.39 is 5.97 Å². The van der Waals surface area contributed by atoms with Crippen LogP contribution in [-0.4, -0.2) is 40.3 Å². The molecule has 8 heteroatoms. The first kappa shape index (κ1) is 20.0. The zero-order chi connectivity index (χ0) is 21.4. The van der Waals surface area contributed by atoms with E-state index in [1.54, 1.807) is 11.7 Å². The molecule has 0 aliphatic carbocycles. The maximum atomic E-state index is 12.2. The minimum atomic E-state index is -1.07. The Morgan fingerprint density at radius 1 is 1.33 bits per heavy atom. The Bertz CT molecular complexity index is 1130. The fraction of sp³-hybridized carbons (Fsp3) is 0.273. The number of hydrogen-bond donors (Lipinski definition) is 2. The molecule has 0 bridgehead atoms. The molecule has 3 aromatic rings. The molecule has 2 N–H and O–H groups in total. The SMILES string of the molecule is COc1cc2c(cc1OC(C)C)-c1c(-c3cccs3)c(C=NO)c(C(=O)O)n1CC2. The van der Waals surface area contributed by atoms with Gasteiger partial charge in [-0.2, -0.15) is 0 Å². The molecule has 0 unspecified atom stereocenters. The summed E-state index contributed by atoms with van der Waals surface area (Å²) in [5, 5.41) is 24.3. The van der Waals surface area contributed by atoms with E-state index in [0.29, 0.717) is 30.0 Å². The van der Waals surface area contributed by atoms with Gasteiger partial charge in [0.1, 0.15) is 5.69 Å². The van der Waals surface area contributed by atoms with Crippen molar-refractivity contribution < 1.29 is 24.6 Å². The van der Waals surface area contributed by atoms with Crippen LogP contribution in [0.5, 0.6) is 11.5 Å². The van der Waals surface area contributed by atoms with Gasteiger partial charge in [0, 0.05) is 28.1 Å². The smallest absolute Gasteiger partial charge is 0.353 e. The van der Waals surface area contributed by atoms with Crippen molar-refractivity contribution in [3.8, 4) is 33.2 Å². The number of carbonyl (C=O) groups is 1. The van der Waals surface area contributed by atoms with E-state index in [2.05, 4.69) is 5.16 Å². The van der Waals surface area contributed by atoms with E-state index in [1.807, 2.05) is 43.5 Å². The van der Waals surface area contributed by atoms with Crippen LogP contribution in [0.2, 0.25) is 0 Å². The topological polar surface area (TPSA) is 93.3 Å². The van der Waals surface area contributed by atoms with Gasteiger partial charge in [-0.15, -0.1) is 11.3 Å². The molecule has 0 spiro atoms. The van der Waals surface area contributed by atoms with E-state index in [-0.39, 0.29) is 11.8 Å². The number of hydrogen-bond acceptors (Lipinski definition) is 6. The van der Waals surface area contributed by atoms with Crippen molar-refractivity contribution in [3.63, 3.8) is 0 Å². The van der Waals surface area contributed by atoms with Crippen molar-refractivity contribution in [2.75, 3.05) is 7.11 Å². The molecule has 0 saturated carbocycles. The highest BCUT2D eigenvalue weighted by atomic mass is 32.1. The summed E-state index contributed by atoms with van der Waals surface area (Å²) < 4.78 is 13.3. The maximum absolute atomic E-state index is 12.2. The summed E-state index contributed by atoms with van der Waals surface area (Å²) in [6.45, 7) is 4.38. The average Bonchev–Trinajstić information content (AvgIpc) is 3.32. The largest absolute Gasteiger partial charge is 0.493 e. The molecule has 4 rings (SSSR count). The van der Waals surface area contributed by atoms with Gasteiger partial charge in [-0.25, -0.2) is 4.79 Å². The number of aromatic nitrogens is 1. The lowest BCUT2D eigenvalue weighted by atomic mass is 9.94. The van der Waals surface area contributed by atoms with Crippen molar-refractivity contribution in [2.24, 2.45) is 5.16 Å². The second kappa shape index (κ2) is 7.87. The van der Waals surface area contributed by atoms with Gasteiger partial charge in [-0.05, 0) is 49.4 Å². The van der Waals surface area contributed by atoms with Gasteiger partial charge in [0.15, 0.2) is 11.5 Å². The molecule has 0 amide bonds. The van der Waals surface area contributed by atoms with Crippen molar-refractivity contribution in [1.82, 2.24) is 4.57 Å². The third kappa shape index (κ3) is 3.23. The number of aromatic carboxylic acids is 1. The highest BCUT2D eigenvalue weighted by Crippen LogP contribution is 2.47. The van der Waals surface area contributed by atoms with E-state index in [1.165, 1.54) is 17.6 Å². The van der Waals surface area contributed by atoms with Gasteiger partial charge >= 0.3 is 5.97 Å². The number of oxime groups is 1. The third-order valence-electron chi connectivity index (χ3n) is 5.07. The molecule has 1 aliphatic rings. The van der Waals surface area contributed by atoms with Gasteiger partial charge < -0.3 is 24.4 Å². The third-order valence-corrected chi connectivity index (χ3v) is 5.96. The molecule has 156 valence electrons. The summed E-state index contributed by atoms with van der Waals surface area (Å²) in [6, 6.07) is 7.73. The monoisotopic (exact) mass is 426 g/mol. The van der Waals surface area contributed by atoms with E-state index in [4.69, 9.17) is 9.47 Å². The number of nitrogens with zero attached hydrogens (tertiary/aromatic N) is 2. The number of ether oxygens (including phenoxy) is 2. The zero-order valence-corrected chi connectivity index (χ0v) is 17.7. The van der Waals surface area contributed by atoms with Crippen LogP contribution in [0.3, 0.4) is 0 Å². The number of rotatable bonds is 6. The zero-order valence-electron chi connectivity index (χ0n) is 16.9. The summed E-state index contributed by atoms with van der Waals surface area (Å²) in [6.07, 6.45) is 1.81. The van der Waals surface area contributed by atoms with Crippen LogP contribution in [0.25, 0.3) is 21.7 Å². The van der Waals surface area contributed by atoms with E-state index >= 15 is 0 Å².